The van der Waals surface area contributed by atoms with Crippen molar-refractivity contribution in [1.29, 1.82) is 0 Å². The highest BCUT2D eigenvalue weighted by Gasteiger charge is 2.47. The fraction of sp³-hybridized carbons (Fsp3) is 0.794. The highest BCUT2D eigenvalue weighted by molar-refractivity contribution is 5.99. The zero-order chi connectivity index (χ0) is 73.9. The molecular weight excluding hydrogens is 1170 g/mol. The molecule has 8 aliphatic rings. The van der Waals surface area contributed by atoms with Gasteiger partial charge in [-0.2, -0.15) is 0 Å². The Bertz CT molecular complexity index is 2370. The van der Waals surface area contributed by atoms with Crippen LogP contribution in [-0.4, -0.2) is 0 Å². The minimum atomic E-state index is 0.917. The van der Waals surface area contributed by atoms with Gasteiger partial charge >= 0.3 is 0 Å². The first-order valence-corrected chi connectivity index (χ1v) is 42.7. The summed E-state index contributed by atoms with van der Waals surface area (Å²) in [5, 5.41) is 5.37. The minimum Gasteiger partial charge on any atom is -0.0683 e. The molecule has 12 rings (SSSR count). The monoisotopic (exact) mass is 1340 g/mol. The number of rotatable bonds is 7. The maximum absolute atomic E-state index is 2.48. The van der Waals surface area contributed by atoms with Crippen LogP contribution in [0.1, 0.15) is 349 Å². The zero-order valence-corrected chi connectivity index (χ0v) is 71.9. The first-order chi connectivity index (χ1) is 45.6. The number of benzene rings is 4. The Morgan fingerprint density at radius 1 is 0.258 bits per heavy atom. The van der Waals surface area contributed by atoms with Crippen LogP contribution in [0.3, 0.4) is 0 Å². The molecule has 18 atom stereocenters. The van der Waals surface area contributed by atoms with Gasteiger partial charge in [0.05, 0.1) is 0 Å². The molecule has 2 bridgehead atoms. The summed E-state index contributed by atoms with van der Waals surface area (Å²) in [7, 11) is 0. The molecule has 0 heteroatoms. The number of hydrogen-bond acceptors (Lipinski definition) is 0. The fourth-order valence-electron chi connectivity index (χ4n) is 18.4. The second-order valence-corrected chi connectivity index (χ2v) is 35.5. The molecule has 0 nitrogen and oxygen atoms in total. The van der Waals surface area contributed by atoms with Crippen molar-refractivity contribution in [3.8, 4) is 0 Å². The summed E-state index contributed by atoms with van der Waals surface area (Å²) < 4.78 is 0. The van der Waals surface area contributed by atoms with E-state index in [4.69, 9.17) is 0 Å². The lowest BCUT2D eigenvalue weighted by molar-refractivity contribution is -0.0466. The smallest absolute Gasteiger partial charge is 0.0175 e. The van der Waals surface area contributed by atoms with Gasteiger partial charge in [0.25, 0.3) is 0 Å². The van der Waals surface area contributed by atoms with Gasteiger partial charge in [-0.05, 0) is 306 Å². The molecule has 0 amide bonds. The van der Waals surface area contributed by atoms with E-state index in [1.165, 1.54) is 166 Å². The molecule has 8 aliphatic carbocycles. The van der Waals surface area contributed by atoms with E-state index in [1.54, 1.807) is 22.3 Å². The van der Waals surface area contributed by atoms with Gasteiger partial charge in [-0.1, -0.05) is 308 Å². The maximum Gasteiger partial charge on any atom is -0.0175 e. The lowest BCUT2D eigenvalue weighted by Crippen LogP contribution is -2.47. The maximum atomic E-state index is 2.48. The van der Waals surface area contributed by atoms with Gasteiger partial charge in [0.15, 0.2) is 0 Å². The van der Waals surface area contributed by atoms with Gasteiger partial charge in [0.1, 0.15) is 0 Å². The van der Waals surface area contributed by atoms with E-state index in [9.17, 15) is 0 Å². The van der Waals surface area contributed by atoms with Crippen LogP contribution in [0, 0.1) is 170 Å². The summed E-state index contributed by atoms with van der Waals surface area (Å²) in [5.74, 6) is 23.5. The van der Waals surface area contributed by atoms with Crippen LogP contribution < -0.4 is 0 Å². The predicted octanol–water partition coefficient (Wildman–Crippen LogP) is 31.3. The van der Waals surface area contributed by atoms with Gasteiger partial charge in [-0.3, -0.25) is 0 Å². The van der Waals surface area contributed by atoms with Crippen molar-refractivity contribution in [2.24, 2.45) is 142 Å². The van der Waals surface area contributed by atoms with Gasteiger partial charge in [0.2, 0.25) is 0 Å². The van der Waals surface area contributed by atoms with Crippen LogP contribution in [0.15, 0.2) is 48.5 Å². The molecule has 0 saturated heterocycles. The topological polar surface area (TPSA) is 0 Å². The second-order valence-electron chi connectivity index (χ2n) is 35.5. The average molecular weight is 1340 g/mol. The highest BCUT2D eigenvalue weighted by Crippen LogP contribution is 2.54. The van der Waals surface area contributed by atoms with Gasteiger partial charge in [-0.25, -0.2) is 0 Å². The lowest BCUT2D eigenvalue weighted by atomic mass is 9.52. The lowest BCUT2D eigenvalue weighted by Gasteiger charge is -2.53. The Morgan fingerprint density at radius 2 is 0.464 bits per heavy atom. The van der Waals surface area contributed by atoms with Crippen LogP contribution in [0.4, 0.5) is 0 Å². The quantitative estimate of drug-likeness (QED) is 0.162. The fourth-order valence-corrected chi connectivity index (χ4v) is 18.4. The average Bonchev–Trinajstić information content (AvgIpc) is 1.29. The van der Waals surface area contributed by atoms with E-state index in [1.807, 2.05) is 13.8 Å². The SMILES string of the molecule is CC.CC1C(C)C(C)C1C.CC1C(C)C2CCC1C(C)C2C.CC1CC(C)C(C)C1C.CC1CC(C)C(C)CC1C.CC1CCCCC1C.CC1CCCCC1C.CCC(C)C(C)CC.CCc1cc(CC)c(CC)cc1CC.Cc1cc2cc3cc(C)c(C)cc3cc2cc1C. The number of aryl methyl sites for hydroxylation is 8. The molecule has 0 N–H and O–H groups in total. The largest absolute Gasteiger partial charge is 0.0683 e. The summed E-state index contributed by atoms with van der Waals surface area (Å²) >= 11 is 0. The van der Waals surface area contributed by atoms with Crippen molar-refractivity contribution < 1.29 is 0 Å². The molecule has 4 aromatic rings. The second kappa shape index (κ2) is 45.5. The molecule has 0 aromatic heterocycles. The van der Waals surface area contributed by atoms with E-state index in [0.29, 0.717) is 0 Å². The van der Waals surface area contributed by atoms with Crippen LogP contribution in [0.2, 0.25) is 0 Å². The van der Waals surface area contributed by atoms with E-state index in [-0.39, 0.29) is 0 Å². The first-order valence-electron chi connectivity index (χ1n) is 42.7. The van der Waals surface area contributed by atoms with Crippen LogP contribution in [-0.2, 0) is 25.7 Å². The normalized spacial score (nSPS) is 33.5. The Hall–Kier alpha value is -2.60. The van der Waals surface area contributed by atoms with Crippen molar-refractivity contribution in [2.75, 3.05) is 0 Å². The summed E-state index contributed by atoms with van der Waals surface area (Å²) in [4.78, 5) is 0. The predicted molar refractivity (Wildman–Crippen MR) is 445 cm³/mol. The first kappa shape index (κ1) is 90.5. The molecule has 8 saturated carbocycles. The van der Waals surface area contributed by atoms with Crippen molar-refractivity contribution in [1.82, 2.24) is 0 Å². The van der Waals surface area contributed by atoms with E-state index >= 15 is 0 Å². The Kier molecular flexibility index (Phi) is 42.4. The molecule has 0 aliphatic heterocycles. The Balaban J connectivity index is 0.000000376. The summed E-state index contributed by atoms with van der Waals surface area (Å²) in [5.41, 5.74) is 11.6. The van der Waals surface area contributed by atoms with Crippen molar-refractivity contribution in [3.05, 3.63) is 93.0 Å². The third-order valence-electron chi connectivity index (χ3n) is 29.7. The molecular formula is C97H172. The Labute approximate surface area is 610 Å². The van der Waals surface area contributed by atoms with Crippen LogP contribution in [0.5, 0.6) is 0 Å². The molecule has 560 valence electrons. The molecule has 0 spiro atoms. The number of fused-ring (bicyclic) bond motifs is 5. The molecule has 18 unspecified atom stereocenters. The zero-order valence-electron chi connectivity index (χ0n) is 71.9. The molecule has 97 heavy (non-hydrogen) atoms. The Morgan fingerprint density at radius 3 is 0.629 bits per heavy atom. The third kappa shape index (κ3) is 27.5. The van der Waals surface area contributed by atoms with Crippen LogP contribution in [0.25, 0.3) is 21.5 Å². The molecule has 4 aromatic carbocycles. The van der Waals surface area contributed by atoms with E-state index < -0.39 is 0 Å². The number of hydrogen-bond donors (Lipinski definition) is 0. The van der Waals surface area contributed by atoms with Crippen molar-refractivity contribution >= 4 is 21.5 Å². The van der Waals surface area contributed by atoms with Gasteiger partial charge in [-0.15, -0.1) is 0 Å². The van der Waals surface area contributed by atoms with Crippen LogP contribution >= 0.6 is 0 Å². The molecule has 0 radical (unpaired) electrons. The third-order valence-corrected chi connectivity index (χ3v) is 29.7. The van der Waals surface area contributed by atoms with E-state index in [0.717, 1.165) is 142 Å². The van der Waals surface area contributed by atoms with E-state index in [2.05, 4.69) is 270 Å². The van der Waals surface area contributed by atoms with Crippen molar-refractivity contribution in [3.63, 3.8) is 0 Å². The summed E-state index contributed by atoms with van der Waals surface area (Å²) in [6, 6.07) is 18.6. The molecule has 0 heterocycles. The summed E-state index contributed by atoms with van der Waals surface area (Å²) in [6.07, 6.45) is 26.5. The standard InChI is InChI=1S/C18H18.C14H22.C12H22.C10H20.C9H18.3C8H16.C8H18.C2H6/c1-11-5-15-9-17-7-13(3)14(4)8-18(17)10-16(15)6-12(11)2;1-5-11-9-13(7-3)14(8-4)10-12(11)6-2;1-7-8(2)12-6-5-11(7)9(3)10(12)4;1-7-5-9(3)10(4)6-8(7)2;1-6-5-7(2)9(4)8(6)3;1-5-6(2)8(4)7(5)3;2*1-7-5-3-4-6-8(7)2;1-5-7(3)8(4)6-2;1-2/h5-10H,1-4H3;9-10H,5-8H2,1-4H3;7-12H,5-6H2,1-4H3;7-10H,5-6H2,1-4H3;6-9H,5H2,1-4H3;5-8H,1-4H3;2*7-8H,3-6H2,1-2H3;7-8H,5-6H2,1-4H3;1-2H3. The highest BCUT2D eigenvalue weighted by atomic mass is 14.5. The van der Waals surface area contributed by atoms with Gasteiger partial charge in [0, 0.05) is 0 Å². The summed E-state index contributed by atoms with van der Waals surface area (Å²) in [6.45, 7) is 78.9. The minimum absolute atomic E-state index is 0.917. The van der Waals surface area contributed by atoms with Crippen molar-refractivity contribution in [2.45, 2.75) is 357 Å². The molecule has 8 fully saturated rings. The van der Waals surface area contributed by atoms with Gasteiger partial charge < -0.3 is 0 Å².